The molecule has 0 aromatic rings. The van der Waals surface area contributed by atoms with Crippen LogP contribution in [0.4, 0.5) is 4.79 Å². The fourth-order valence-corrected chi connectivity index (χ4v) is 4.58. The number of hydrogen-bond donors (Lipinski definition) is 2. The minimum Gasteiger partial charge on any atom is -0.358 e. The normalized spacial score (nSPS) is 25.3. The second-order valence-electron chi connectivity index (χ2n) is 7.96. The van der Waals surface area contributed by atoms with Gasteiger partial charge in [0.25, 0.3) is 0 Å². The molecule has 0 aromatic heterocycles. The van der Waals surface area contributed by atoms with Gasteiger partial charge in [-0.1, -0.05) is 0 Å². The summed E-state index contributed by atoms with van der Waals surface area (Å²) in [7, 11) is 3.84. The first-order chi connectivity index (χ1) is 12.0. The number of nitrogens with one attached hydrogen (secondary N) is 2. The molecule has 1 spiro atoms. The number of urea groups is 1. The topological polar surface area (TPSA) is 67.9 Å². The monoisotopic (exact) mass is 351 g/mol. The Bertz CT molecular complexity index is 482. The molecular formula is C18H33N5O2. The number of likely N-dealkylation sites (tertiary alicyclic amines) is 3. The zero-order chi connectivity index (χ0) is 17.9. The van der Waals surface area contributed by atoms with E-state index in [4.69, 9.17) is 0 Å². The molecule has 7 heteroatoms. The summed E-state index contributed by atoms with van der Waals surface area (Å²) in [5.41, 5.74) is 0.0938. The minimum atomic E-state index is 0.0590. The molecule has 7 nitrogen and oxygen atoms in total. The quantitative estimate of drug-likeness (QED) is 0.776. The number of amides is 3. The van der Waals surface area contributed by atoms with Crippen molar-refractivity contribution >= 4 is 11.9 Å². The average Bonchev–Trinajstić information content (AvgIpc) is 3.03. The van der Waals surface area contributed by atoms with Crippen molar-refractivity contribution in [2.75, 3.05) is 53.4 Å². The summed E-state index contributed by atoms with van der Waals surface area (Å²) in [4.78, 5) is 31.0. The smallest absolute Gasteiger partial charge is 0.318 e. The Hall–Kier alpha value is -1.34. The number of likely N-dealkylation sites (N-methyl/N-ethyl adjacent to an activating group) is 1. The maximum Gasteiger partial charge on any atom is 0.318 e. The molecule has 0 saturated carbocycles. The summed E-state index contributed by atoms with van der Waals surface area (Å²) in [6.45, 7) is 5.26. The van der Waals surface area contributed by atoms with E-state index in [1.165, 1.54) is 0 Å². The molecule has 3 heterocycles. The highest BCUT2D eigenvalue weighted by molar-refractivity contribution is 5.77. The molecule has 0 atom stereocenters. The van der Waals surface area contributed by atoms with Gasteiger partial charge in [0, 0.05) is 51.4 Å². The highest BCUT2D eigenvalue weighted by atomic mass is 16.2. The maximum atomic E-state index is 12.9. The van der Waals surface area contributed by atoms with E-state index in [1.807, 2.05) is 0 Å². The Morgan fingerprint density at radius 3 is 2.36 bits per heavy atom. The van der Waals surface area contributed by atoms with Gasteiger partial charge in [-0.2, -0.15) is 0 Å². The van der Waals surface area contributed by atoms with Gasteiger partial charge < -0.3 is 20.4 Å². The highest BCUT2D eigenvalue weighted by Gasteiger charge is 2.45. The standard InChI is InChI=1S/C18H33N5O2/c1-19-16(24)14-22-10-4-15(5-11-22)20-17(25)23-9-3-6-18(23)7-12-21(2)13-8-18/h15H,3-14H2,1-2H3,(H,19,24)(H,20,25). The summed E-state index contributed by atoms with van der Waals surface area (Å²) in [5, 5.41) is 5.95. The number of piperidine rings is 2. The SMILES string of the molecule is CNC(=O)CN1CCC(NC(=O)N2CCCC23CCN(C)CC3)CC1. The van der Waals surface area contributed by atoms with Crippen LogP contribution in [-0.4, -0.2) is 91.6 Å². The van der Waals surface area contributed by atoms with Gasteiger partial charge in [-0.25, -0.2) is 4.79 Å². The van der Waals surface area contributed by atoms with Crippen LogP contribution in [0.25, 0.3) is 0 Å². The molecule has 0 aromatic carbocycles. The van der Waals surface area contributed by atoms with Crippen LogP contribution in [0, 0.1) is 0 Å². The number of nitrogens with zero attached hydrogens (tertiary/aromatic N) is 3. The van der Waals surface area contributed by atoms with E-state index < -0.39 is 0 Å². The predicted molar refractivity (Wildman–Crippen MR) is 97.5 cm³/mol. The van der Waals surface area contributed by atoms with E-state index in [0.29, 0.717) is 6.54 Å². The van der Waals surface area contributed by atoms with Crippen molar-refractivity contribution in [1.82, 2.24) is 25.3 Å². The molecule has 3 fully saturated rings. The summed E-state index contributed by atoms with van der Waals surface area (Å²) in [6, 6.07) is 0.365. The average molecular weight is 351 g/mol. The molecule has 25 heavy (non-hydrogen) atoms. The Morgan fingerprint density at radius 1 is 1.04 bits per heavy atom. The van der Waals surface area contributed by atoms with E-state index in [1.54, 1.807) is 7.05 Å². The van der Waals surface area contributed by atoms with Gasteiger partial charge in [0.05, 0.1) is 6.54 Å². The van der Waals surface area contributed by atoms with Gasteiger partial charge >= 0.3 is 6.03 Å². The van der Waals surface area contributed by atoms with Crippen LogP contribution >= 0.6 is 0 Å². The Kier molecular flexibility index (Phi) is 5.84. The highest BCUT2D eigenvalue weighted by Crippen LogP contribution is 2.38. The second-order valence-corrected chi connectivity index (χ2v) is 7.96. The fraction of sp³-hybridized carbons (Fsp3) is 0.889. The number of carbonyl (C=O) groups excluding carboxylic acids is 2. The predicted octanol–water partition coefficient (Wildman–Crippen LogP) is 0.467. The van der Waals surface area contributed by atoms with Gasteiger partial charge in [-0.3, -0.25) is 9.69 Å². The summed E-state index contributed by atoms with van der Waals surface area (Å²) in [5.74, 6) is 0.0590. The maximum absolute atomic E-state index is 12.9. The Labute approximate surface area is 151 Å². The lowest BCUT2D eigenvalue weighted by atomic mass is 9.85. The zero-order valence-electron chi connectivity index (χ0n) is 15.7. The zero-order valence-corrected chi connectivity index (χ0v) is 15.7. The van der Waals surface area contributed by atoms with Crippen molar-refractivity contribution in [1.29, 1.82) is 0 Å². The first kappa shape index (κ1) is 18.5. The lowest BCUT2D eigenvalue weighted by Gasteiger charge is -2.44. The molecule has 3 saturated heterocycles. The second kappa shape index (κ2) is 7.91. The molecule has 0 aliphatic carbocycles. The lowest BCUT2D eigenvalue weighted by Crippen LogP contribution is -2.58. The van der Waals surface area contributed by atoms with Gasteiger partial charge in [-0.15, -0.1) is 0 Å². The van der Waals surface area contributed by atoms with Crippen molar-refractivity contribution in [3.05, 3.63) is 0 Å². The number of rotatable bonds is 3. The molecule has 0 unspecified atom stereocenters. The van der Waals surface area contributed by atoms with E-state index >= 15 is 0 Å². The fourth-order valence-electron chi connectivity index (χ4n) is 4.58. The Morgan fingerprint density at radius 2 is 1.72 bits per heavy atom. The van der Waals surface area contributed by atoms with Gasteiger partial charge in [0.2, 0.25) is 5.91 Å². The van der Waals surface area contributed by atoms with E-state index in [9.17, 15) is 9.59 Å². The van der Waals surface area contributed by atoms with Crippen molar-refractivity contribution in [3.63, 3.8) is 0 Å². The van der Waals surface area contributed by atoms with E-state index in [-0.39, 0.29) is 23.5 Å². The molecule has 3 aliphatic heterocycles. The Balaban J connectivity index is 1.49. The molecule has 3 amide bonds. The molecule has 3 aliphatic rings. The first-order valence-corrected chi connectivity index (χ1v) is 9.72. The molecular weight excluding hydrogens is 318 g/mol. The van der Waals surface area contributed by atoms with E-state index in [0.717, 1.165) is 71.2 Å². The van der Waals surface area contributed by atoms with Crippen LogP contribution in [0.5, 0.6) is 0 Å². The van der Waals surface area contributed by atoms with Crippen molar-refractivity contribution in [2.24, 2.45) is 0 Å². The minimum absolute atomic E-state index is 0.0590. The van der Waals surface area contributed by atoms with Crippen molar-refractivity contribution in [3.8, 4) is 0 Å². The first-order valence-electron chi connectivity index (χ1n) is 9.72. The van der Waals surface area contributed by atoms with E-state index in [2.05, 4.69) is 32.4 Å². The van der Waals surface area contributed by atoms with Crippen LogP contribution in [0.3, 0.4) is 0 Å². The van der Waals surface area contributed by atoms with Gasteiger partial charge in [-0.05, 0) is 45.6 Å². The van der Waals surface area contributed by atoms with Crippen LogP contribution in [-0.2, 0) is 4.79 Å². The molecule has 3 rings (SSSR count). The number of carbonyl (C=O) groups is 2. The molecule has 2 N–H and O–H groups in total. The largest absolute Gasteiger partial charge is 0.358 e. The van der Waals surface area contributed by atoms with Crippen LogP contribution in [0.1, 0.15) is 38.5 Å². The summed E-state index contributed by atoms with van der Waals surface area (Å²) in [6.07, 6.45) is 6.32. The molecule has 0 radical (unpaired) electrons. The van der Waals surface area contributed by atoms with Gasteiger partial charge in [0.15, 0.2) is 0 Å². The number of hydrogen-bond acceptors (Lipinski definition) is 4. The van der Waals surface area contributed by atoms with Crippen LogP contribution < -0.4 is 10.6 Å². The van der Waals surface area contributed by atoms with Crippen LogP contribution in [0.2, 0.25) is 0 Å². The van der Waals surface area contributed by atoms with Crippen molar-refractivity contribution in [2.45, 2.75) is 50.1 Å². The third kappa shape index (κ3) is 4.26. The third-order valence-electron chi connectivity index (χ3n) is 6.32. The summed E-state index contributed by atoms with van der Waals surface area (Å²) >= 11 is 0. The molecule has 142 valence electrons. The molecule has 0 bridgehead atoms. The van der Waals surface area contributed by atoms with Gasteiger partial charge in [0.1, 0.15) is 0 Å². The lowest BCUT2D eigenvalue weighted by molar-refractivity contribution is -0.122. The van der Waals surface area contributed by atoms with Crippen molar-refractivity contribution < 1.29 is 9.59 Å². The van der Waals surface area contributed by atoms with Crippen LogP contribution in [0.15, 0.2) is 0 Å². The summed E-state index contributed by atoms with van der Waals surface area (Å²) < 4.78 is 0. The third-order valence-corrected chi connectivity index (χ3v) is 6.32.